The van der Waals surface area contributed by atoms with Crippen molar-refractivity contribution in [3.8, 4) is 5.75 Å². The number of rotatable bonds is 5. The number of carbonyl (C=O) groups excluding carboxylic acids is 2. The van der Waals surface area contributed by atoms with Gasteiger partial charge in [0.15, 0.2) is 12.9 Å². The van der Waals surface area contributed by atoms with E-state index in [2.05, 4.69) is 4.90 Å². The number of anilines is 1. The average Bonchev–Trinajstić information content (AvgIpc) is 2.67. The minimum absolute atomic E-state index is 0.0725. The fraction of sp³-hybridized carbons (Fsp3) is 0.263. The Morgan fingerprint density at radius 2 is 1.72 bits per heavy atom. The molecule has 1 saturated heterocycles. The Bertz CT molecular complexity index is 758. The molecular formula is C19H19ClN2O3. The van der Waals surface area contributed by atoms with Crippen molar-refractivity contribution in [2.24, 2.45) is 0 Å². The zero-order chi connectivity index (χ0) is 17.6. The molecule has 2 aromatic carbocycles. The van der Waals surface area contributed by atoms with Gasteiger partial charge in [-0.3, -0.25) is 9.59 Å². The first kappa shape index (κ1) is 17.3. The van der Waals surface area contributed by atoms with Crippen molar-refractivity contribution < 1.29 is 14.3 Å². The lowest BCUT2D eigenvalue weighted by Gasteiger charge is -2.36. The number of hydrogen-bond acceptors (Lipinski definition) is 4. The molecule has 0 radical (unpaired) electrons. The number of amides is 1. The van der Waals surface area contributed by atoms with E-state index < -0.39 is 0 Å². The Hall–Kier alpha value is -2.53. The number of benzene rings is 2. The van der Waals surface area contributed by atoms with Crippen LogP contribution < -0.4 is 9.64 Å². The van der Waals surface area contributed by atoms with E-state index in [4.69, 9.17) is 16.3 Å². The van der Waals surface area contributed by atoms with Crippen LogP contribution in [0.25, 0.3) is 0 Å². The van der Waals surface area contributed by atoms with Gasteiger partial charge in [0.1, 0.15) is 5.75 Å². The van der Waals surface area contributed by atoms with Gasteiger partial charge in [0, 0.05) is 26.2 Å². The van der Waals surface area contributed by atoms with Gasteiger partial charge in [0.05, 0.1) is 16.3 Å². The molecule has 25 heavy (non-hydrogen) atoms. The minimum Gasteiger partial charge on any atom is -0.483 e. The fourth-order valence-electron chi connectivity index (χ4n) is 2.85. The molecule has 0 bridgehead atoms. The molecule has 0 saturated carbocycles. The molecule has 0 unspecified atom stereocenters. The highest BCUT2D eigenvalue weighted by Crippen LogP contribution is 2.26. The monoisotopic (exact) mass is 358 g/mol. The molecule has 0 atom stereocenters. The highest BCUT2D eigenvalue weighted by Gasteiger charge is 2.22. The number of carbonyl (C=O) groups is 2. The van der Waals surface area contributed by atoms with Crippen LogP contribution in [-0.2, 0) is 4.79 Å². The van der Waals surface area contributed by atoms with Crippen molar-refractivity contribution in [2.75, 3.05) is 37.7 Å². The van der Waals surface area contributed by atoms with Gasteiger partial charge in [-0.1, -0.05) is 35.9 Å². The number of nitrogens with zero attached hydrogens (tertiary/aromatic N) is 2. The van der Waals surface area contributed by atoms with Crippen LogP contribution in [0.1, 0.15) is 10.4 Å². The maximum Gasteiger partial charge on any atom is 0.260 e. The summed E-state index contributed by atoms with van der Waals surface area (Å²) >= 11 is 6.23. The first-order chi connectivity index (χ1) is 12.2. The molecule has 1 aliphatic rings. The smallest absolute Gasteiger partial charge is 0.260 e. The SMILES string of the molecule is O=Cc1ccccc1OCC(=O)N1CCN(c2ccccc2Cl)CC1. The van der Waals surface area contributed by atoms with Gasteiger partial charge in [-0.2, -0.15) is 0 Å². The fourth-order valence-corrected chi connectivity index (χ4v) is 3.10. The van der Waals surface area contributed by atoms with Crippen molar-refractivity contribution in [3.05, 3.63) is 59.1 Å². The summed E-state index contributed by atoms with van der Waals surface area (Å²) in [6.45, 7) is 2.60. The summed E-state index contributed by atoms with van der Waals surface area (Å²) in [4.78, 5) is 27.3. The number of aldehydes is 1. The van der Waals surface area contributed by atoms with E-state index in [1.165, 1.54) is 0 Å². The Morgan fingerprint density at radius 3 is 2.44 bits per heavy atom. The first-order valence-corrected chi connectivity index (χ1v) is 8.51. The molecule has 6 heteroatoms. The summed E-state index contributed by atoms with van der Waals surface area (Å²) in [5, 5.41) is 0.719. The van der Waals surface area contributed by atoms with Crippen LogP contribution >= 0.6 is 11.6 Å². The van der Waals surface area contributed by atoms with E-state index in [1.54, 1.807) is 29.2 Å². The molecule has 2 aromatic rings. The molecule has 0 aromatic heterocycles. The summed E-state index contributed by atoms with van der Waals surface area (Å²) in [6, 6.07) is 14.6. The van der Waals surface area contributed by atoms with E-state index in [-0.39, 0.29) is 12.5 Å². The van der Waals surface area contributed by atoms with Crippen LogP contribution in [0.15, 0.2) is 48.5 Å². The second-order valence-corrected chi connectivity index (χ2v) is 6.17. The lowest BCUT2D eigenvalue weighted by Crippen LogP contribution is -2.50. The topological polar surface area (TPSA) is 49.9 Å². The van der Waals surface area contributed by atoms with Crippen molar-refractivity contribution in [1.29, 1.82) is 0 Å². The number of para-hydroxylation sites is 2. The van der Waals surface area contributed by atoms with Crippen molar-refractivity contribution in [3.63, 3.8) is 0 Å². The zero-order valence-electron chi connectivity index (χ0n) is 13.7. The van der Waals surface area contributed by atoms with E-state index in [1.807, 2.05) is 24.3 Å². The number of ether oxygens (including phenoxy) is 1. The van der Waals surface area contributed by atoms with E-state index >= 15 is 0 Å². The van der Waals surface area contributed by atoms with Crippen molar-refractivity contribution >= 4 is 29.5 Å². The molecular weight excluding hydrogens is 340 g/mol. The number of halogens is 1. The highest BCUT2D eigenvalue weighted by molar-refractivity contribution is 6.33. The number of piperazine rings is 1. The average molecular weight is 359 g/mol. The summed E-state index contributed by atoms with van der Waals surface area (Å²) in [5.41, 5.74) is 1.44. The van der Waals surface area contributed by atoms with Crippen LogP contribution in [-0.4, -0.2) is 49.9 Å². The predicted octanol–water partition coefficient (Wildman–Crippen LogP) is 2.88. The van der Waals surface area contributed by atoms with Gasteiger partial charge >= 0.3 is 0 Å². The maximum absolute atomic E-state index is 12.3. The van der Waals surface area contributed by atoms with Crippen molar-refractivity contribution in [2.45, 2.75) is 0 Å². The van der Waals surface area contributed by atoms with E-state index in [9.17, 15) is 9.59 Å². The molecule has 0 aliphatic carbocycles. The van der Waals surface area contributed by atoms with Crippen LogP contribution in [0.2, 0.25) is 5.02 Å². The van der Waals surface area contributed by atoms with Crippen LogP contribution in [0.4, 0.5) is 5.69 Å². The Balaban J connectivity index is 1.53. The third-order valence-electron chi connectivity index (χ3n) is 4.22. The van der Waals surface area contributed by atoms with E-state index in [0.29, 0.717) is 24.4 Å². The molecule has 0 spiro atoms. The van der Waals surface area contributed by atoms with Crippen LogP contribution in [0.3, 0.4) is 0 Å². The molecule has 1 fully saturated rings. The van der Waals surface area contributed by atoms with Gasteiger partial charge < -0.3 is 14.5 Å². The van der Waals surface area contributed by atoms with Gasteiger partial charge in [-0.15, -0.1) is 0 Å². The molecule has 1 amide bonds. The molecule has 1 aliphatic heterocycles. The van der Waals surface area contributed by atoms with Crippen LogP contribution in [0.5, 0.6) is 5.75 Å². The second kappa shape index (κ2) is 8.03. The van der Waals surface area contributed by atoms with Gasteiger partial charge in [0.2, 0.25) is 0 Å². The Kier molecular flexibility index (Phi) is 5.56. The van der Waals surface area contributed by atoms with Crippen molar-refractivity contribution in [1.82, 2.24) is 4.90 Å². The Morgan fingerprint density at radius 1 is 1.04 bits per heavy atom. The highest BCUT2D eigenvalue weighted by atomic mass is 35.5. The number of hydrogen-bond donors (Lipinski definition) is 0. The van der Waals surface area contributed by atoms with Crippen LogP contribution in [0, 0.1) is 0 Å². The Labute approximate surface area is 151 Å². The lowest BCUT2D eigenvalue weighted by molar-refractivity contribution is -0.133. The summed E-state index contributed by atoms with van der Waals surface area (Å²) < 4.78 is 5.52. The van der Waals surface area contributed by atoms with Gasteiger partial charge in [-0.05, 0) is 24.3 Å². The summed E-state index contributed by atoms with van der Waals surface area (Å²) in [6.07, 6.45) is 0.724. The third kappa shape index (κ3) is 4.12. The predicted molar refractivity (Wildman–Crippen MR) is 97.6 cm³/mol. The maximum atomic E-state index is 12.3. The molecule has 130 valence electrons. The zero-order valence-corrected chi connectivity index (χ0v) is 14.5. The molecule has 5 nitrogen and oxygen atoms in total. The standard InChI is InChI=1S/C19H19ClN2O3/c20-16-6-2-3-7-17(16)21-9-11-22(12-10-21)19(24)14-25-18-8-4-1-5-15(18)13-23/h1-8,13H,9-12,14H2. The lowest BCUT2D eigenvalue weighted by atomic mass is 10.2. The van der Waals surface area contributed by atoms with Gasteiger partial charge in [-0.25, -0.2) is 0 Å². The molecule has 3 rings (SSSR count). The molecule has 1 heterocycles. The van der Waals surface area contributed by atoms with Gasteiger partial charge in [0.25, 0.3) is 5.91 Å². The van der Waals surface area contributed by atoms with E-state index in [0.717, 1.165) is 30.1 Å². The summed E-state index contributed by atoms with van der Waals surface area (Å²) in [7, 11) is 0. The second-order valence-electron chi connectivity index (χ2n) is 5.76. The quantitative estimate of drug-likeness (QED) is 0.771. The largest absolute Gasteiger partial charge is 0.483 e. The minimum atomic E-state index is -0.0838. The normalized spacial score (nSPS) is 14.3. The third-order valence-corrected chi connectivity index (χ3v) is 4.54. The summed E-state index contributed by atoms with van der Waals surface area (Å²) in [5.74, 6) is 0.347. The molecule has 0 N–H and O–H groups in total. The first-order valence-electron chi connectivity index (χ1n) is 8.13.